The van der Waals surface area contributed by atoms with Crippen LogP contribution in [0.1, 0.15) is 0 Å². The van der Waals surface area contributed by atoms with E-state index >= 15 is 0 Å². The summed E-state index contributed by atoms with van der Waals surface area (Å²) in [7, 11) is 0. The van der Waals surface area contributed by atoms with E-state index in [4.69, 9.17) is 28.8 Å². The zero-order valence-electron chi connectivity index (χ0n) is 56.6. The molecule has 0 aliphatic rings. The van der Waals surface area contributed by atoms with Gasteiger partial charge in [0.2, 0.25) is 11.9 Å². The van der Waals surface area contributed by atoms with Gasteiger partial charge in [0.15, 0.2) is 0 Å². The predicted molar refractivity (Wildman–Crippen MR) is 436 cm³/mol. The highest BCUT2D eigenvalue weighted by atomic mass is 16.3. The predicted octanol–water partition coefficient (Wildman–Crippen LogP) is 25.1. The Balaban J connectivity index is 0.676. The molecule has 24 rings (SSSR count). The molecule has 106 heavy (non-hydrogen) atoms. The molecule has 24 aromatic rings. The van der Waals surface area contributed by atoms with Crippen LogP contribution in [0.4, 0.5) is 0 Å². The normalized spacial score (nSPS) is 12.3. The molecule has 8 heterocycles. The van der Waals surface area contributed by atoms with Gasteiger partial charge >= 0.3 is 0 Å². The Hall–Kier alpha value is -14.5. The van der Waals surface area contributed by atoms with E-state index in [1.165, 1.54) is 0 Å². The van der Waals surface area contributed by atoms with Crippen molar-refractivity contribution in [2.24, 2.45) is 0 Å². The molecule has 0 aliphatic carbocycles. The van der Waals surface area contributed by atoms with Gasteiger partial charge in [0.25, 0.3) is 0 Å². The number of rotatable bonds is 7. The van der Waals surface area contributed by atoms with E-state index in [-0.39, 0.29) is 0 Å². The second-order valence-corrected chi connectivity index (χ2v) is 27.9. The van der Waals surface area contributed by atoms with E-state index in [0.717, 1.165) is 219 Å². The number of nitrogens with zero attached hydrogens (tertiary/aromatic N) is 8. The van der Waals surface area contributed by atoms with Crippen molar-refractivity contribution in [2.75, 3.05) is 0 Å². The van der Waals surface area contributed by atoms with Gasteiger partial charge in [0.05, 0.1) is 66.6 Å². The molecule has 10 heteroatoms. The summed E-state index contributed by atoms with van der Waals surface area (Å²) in [6.07, 6.45) is 0. The lowest BCUT2D eigenvalue weighted by molar-refractivity contribution is 0.669. The van der Waals surface area contributed by atoms with Crippen LogP contribution in [0.25, 0.3) is 231 Å². The van der Waals surface area contributed by atoms with Crippen molar-refractivity contribution in [1.82, 2.24) is 38.2 Å². The lowest BCUT2D eigenvalue weighted by Crippen LogP contribution is -2.04. The van der Waals surface area contributed by atoms with Crippen molar-refractivity contribution < 1.29 is 8.83 Å². The summed E-state index contributed by atoms with van der Waals surface area (Å²) in [5.74, 6) is 1.18. The number of hydrogen-bond donors (Lipinski definition) is 0. The van der Waals surface area contributed by atoms with Crippen molar-refractivity contribution in [2.45, 2.75) is 0 Å². The van der Waals surface area contributed by atoms with E-state index in [1.807, 2.05) is 12.1 Å². The Kier molecular flexibility index (Phi) is 11.6. The van der Waals surface area contributed by atoms with Crippen molar-refractivity contribution in [3.63, 3.8) is 0 Å². The van der Waals surface area contributed by atoms with Crippen LogP contribution in [0.3, 0.4) is 0 Å². The molecule has 0 saturated carbocycles. The molecule has 10 nitrogen and oxygen atoms in total. The van der Waals surface area contributed by atoms with Crippen LogP contribution in [-0.4, -0.2) is 38.2 Å². The van der Waals surface area contributed by atoms with Crippen molar-refractivity contribution in [3.05, 3.63) is 328 Å². The SMILES string of the molecule is c1ccc(-c2nc(-n3c4ccccc4c4c3ccc3c5c6c(ccc5n(-c5ccccc5)c34)oc3ccccc36)nc3ccc4cc(-c5ccc(-c6nc(-n7c8ccc9oc%10ccccc%10c9c8c8ccc9c(c%10ccccc%10n9-c9ccccc9)c87)nc7c6ccc6ccccc67)cc5)ccc4c23)cc1. The first-order valence-electron chi connectivity index (χ1n) is 35.9. The molecule has 16 aromatic carbocycles. The van der Waals surface area contributed by atoms with Crippen LogP contribution in [-0.2, 0) is 0 Å². The molecule has 0 saturated heterocycles. The first-order valence-corrected chi connectivity index (χ1v) is 35.9. The Labute approximate surface area is 602 Å². The first-order chi connectivity index (χ1) is 52.6. The minimum absolute atomic E-state index is 0.581. The number of para-hydroxylation sites is 6. The van der Waals surface area contributed by atoms with E-state index in [9.17, 15) is 0 Å². The average Bonchev–Trinajstić information content (AvgIpc) is 1.52. The zero-order valence-corrected chi connectivity index (χ0v) is 56.6. The zero-order chi connectivity index (χ0) is 69.0. The van der Waals surface area contributed by atoms with Crippen molar-refractivity contribution in [3.8, 4) is 56.9 Å². The van der Waals surface area contributed by atoms with Crippen LogP contribution in [0, 0.1) is 0 Å². The molecule has 490 valence electrons. The number of furan rings is 2. The molecule has 0 fully saturated rings. The fourth-order valence-corrected chi connectivity index (χ4v) is 17.9. The van der Waals surface area contributed by atoms with E-state index in [1.54, 1.807) is 0 Å². The molecule has 0 aliphatic heterocycles. The Bertz CT molecular complexity index is 7940. The largest absolute Gasteiger partial charge is 0.456 e. The van der Waals surface area contributed by atoms with Crippen molar-refractivity contribution >= 4 is 174 Å². The number of fused-ring (bicyclic) bond motifs is 28. The summed E-state index contributed by atoms with van der Waals surface area (Å²) in [5.41, 5.74) is 21.7. The average molecular weight is 1350 g/mol. The molecule has 8 aromatic heterocycles. The standard InChI is InChI=1S/C96H54N8O2/c1-4-21-57(22-5-1)91-83-63-43-41-59(54-60(63)42-47-72(83)97-95(99-91)103-74-33-17-13-29-66(74)87-78(103)49-46-69-84-75(102(93(69)87)62-25-8-3-9-26-62)50-52-81-88(84)67-30-14-18-34-79(67)105-81)55-36-38-58(39-37-55)90-71-44-40-56-20-10-11-27-64(56)92(71)100-96(98-90)104-76-51-53-82-89(68-31-15-19-35-80(68)106-82)85(76)70-45-48-77-86(94(70)104)65-28-12-16-32-73(65)101(77)61-23-6-2-7-24-61/h1-54H. The van der Waals surface area contributed by atoms with E-state index in [0.29, 0.717) is 11.9 Å². The molecule has 0 N–H and O–H groups in total. The third-order valence-corrected chi connectivity index (χ3v) is 22.3. The summed E-state index contributed by atoms with van der Waals surface area (Å²) < 4.78 is 22.6. The van der Waals surface area contributed by atoms with Crippen LogP contribution >= 0.6 is 0 Å². The molecule has 0 spiro atoms. The van der Waals surface area contributed by atoms with Gasteiger partial charge in [-0.1, -0.05) is 224 Å². The second-order valence-electron chi connectivity index (χ2n) is 27.9. The van der Waals surface area contributed by atoms with Gasteiger partial charge in [-0.15, -0.1) is 0 Å². The molecular formula is C96H54N8O2. The van der Waals surface area contributed by atoms with Crippen LogP contribution < -0.4 is 0 Å². The summed E-state index contributed by atoms with van der Waals surface area (Å²) >= 11 is 0. The van der Waals surface area contributed by atoms with Crippen LogP contribution in [0.15, 0.2) is 336 Å². The molecular weight excluding hydrogens is 1300 g/mol. The Morgan fingerprint density at radius 2 is 0.679 bits per heavy atom. The monoisotopic (exact) mass is 1350 g/mol. The topological polar surface area (TPSA) is 97.6 Å². The van der Waals surface area contributed by atoms with Gasteiger partial charge < -0.3 is 18.0 Å². The van der Waals surface area contributed by atoms with Crippen LogP contribution in [0.2, 0.25) is 0 Å². The third-order valence-electron chi connectivity index (χ3n) is 22.3. The van der Waals surface area contributed by atoms with Gasteiger partial charge in [-0.2, -0.15) is 0 Å². The first kappa shape index (κ1) is 57.2. The molecule has 0 amide bonds. The number of aromatic nitrogens is 8. The van der Waals surface area contributed by atoms with Crippen molar-refractivity contribution in [1.29, 1.82) is 0 Å². The summed E-state index contributed by atoms with van der Waals surface area (Å²) in [4.78, 5) is 22.9. The minimum Gasteiger partial charge on any atom is -0.456 e. The Morgan fingerprint density at radius 3 is 1.35 bits per heavy atom. The fraction of sp³-hybridized carbons (Fsp3) is 0. The Morgan fingerprint density at radius 1 is 0.217 bits per heavy atom. The maximum absolute atomic E-state index is 6.65. The molecule has 0 atom stereocenters. The van der Waals surface area contributed by atoms with Gasteiger partial charge in [0.1, 0.15) is 22.3 Å². The maximum atomic E-state index is 6.65. The summed E-state index contributed by atoms with van der Waals surface area (Å²) in [6.45, 7) is 0. The molecule has 0 bridgehead atoms. The smallest absolute Gasteiger partial charge is 0.235 e. The van der Waals surface area contributed by atoms with E-state index in [2.05, 4.69) is 334 Å². The van der Waals surface area contributed by atoms with E-state index < -0.39 is 0 Å². The van der Waals surface area contributed by atoms with Gasteiger partial charge in [-0.25, -0.2) is 19.9 Å². The molecule has 0 radical (unpaired) electrons. The highest BCUT2D eigenvalue weighted by Gasteiger charge is 2.29. The van der Waals surface area contributed by atoms with Gasteiger partial charge in [-0.05, 0) is 130 Å². The second kappa shape index (κ2) is 21.5. The van der Waals surface area contributed by atoms with Gasteiger partial charge in [0, 0.05) is 103 Å². The highest BCUT2D eigenvalue weighted by Crippen LogP contribution is 2.50. The van der Waals surface area contributed by atoms with Crippen LogP contribution in [0.5, 0.6) is 0 Å². The minimum atomic E-state index is 0.581. The summed E-state index contributed by atoms with van der Waals surface area (Å²) in [5, 5.41) is 19.6. The maximum Gasteiger partial charge on any atom is 0.235 e. The van der Waals surface area contributed by atoms with Gasteiger partial charge in [-0.3, -0.25) is 9.13 Å². The fourth-order valence-electron chi connectivity index (χ4n) is 17.9. The lowest BCUT2D eigenvalue weighted by Gasteiger charge is -2.15. The third kappa shape index (κ3) is 7.92. The quantitative estimate of drug-likeness (QED) is 0.148. The molecule has 0 unspecified atom stereocenters. The summed E-state index contributed by atoms with van der Waals surface area (Å²) in [6, 6.07) is 117. The number of hydrogen-bond acceptors (Lipinski definition) is 6. The highest BCUT2D eigenvalue weighted by molar-refractivity contribution is 6.35. The lowest BCUT2D eigenvalue weighted by atomic mass is 9.95. The number of benzene rings is 16.